The van der Waals surface area contributed by atoms with Crippen LogP contribution < -0.4 is 10.5 Å². The van der Waals surface area contributed by atoms with Crippen molar-refractivity contribution in [3.63, 3.8) is 0 Å². The van der Waals surface area contributed by atoms with Crippen molar-refractivity contribution in [2.45, 2.75) is 25.7 Å². The van der Waals surface area contributed by atoms with Gasteiger partial charge >= 0.3 is 0 Å². The summed E-state index contributed by atoms with van der Waals surface area (Å²) < 4.78 is 31.8. The summed E-state index contributed by atoms with van der Waals surface area (Å²) >= 11 is 0. The highest BCUT2D eigenvalue weighted by Crippen LogP contribution is 2.29. The minimum atomic E-state index is -3.72. The Morgan fingerprint density at radius 2 is 1.95 bits per heavy atom. The Balaban J connectivity index is 2.58. The zero-order valence-electron chi connectivity index (χ0n) is 10.9. The lowest BCUT2D eigenvalue weighted by Gasteiger charge is -2.15. The summed E-state index contributed by atoms with van der Waals surface area (Å²) in [4.78, 5) is 0.200. The van der Waals surface area contributed by atoms with Crippen molar-refractivity contribution in [3.8, 4) is 0 Å². The van der Waals surface area contributed by atoms with Gasteiger partial charge in [-0.1, -0.05) is 5.16 Å². The number of benzene rings is 1. The summed E-state index contributed by atoms with van der Waals surface area (Å²) in [6.07, 6.45) is 2.52. The van der Waals surface area contributed by atoms with Gasteiger partial charge in [0.05, 0.1) is 11.1 Å². The largest absolute Gasteiger partial charge is 0.398 e. The van der Waals surface area contributed by atoms with Crippen LogP contribution in [0.2, 0.25) is 0 Å². The molecule has 0 aliphatic carbocycles. The van der Waals surface area contributed by atoms with E-state index in [-0.39, 0.29) is 10.6 Å². The molecule has 19 heavy (non-hydrogen) atoms. The van der Waals surface area contributed by atoms with Gasteiger partial charge in [0.15, 0.2) is 0 Å². The lowest BCUT2D eigenvalue weighted by molar-refractivity contribution is 0.420. The predicted octanol–water partition coefficient (Wildman–Crippen LogP) is 1.98. The van der Waals surface area contributed by atoms with Gasteiger partial charge in [0.1, 0.15) is 12.0 Å². The van der Waals surface area contributed by atoms with Gasteiger partial charge in [-0.2, -0.15) is 0 Å². The Hall–Kier alpha value is -2.02. The van der Waals surface area contributed by atoms with Crippen LogP contribution in [0.1, 0.15) is 16.7 Å². The number of hydrogen-bond acceptors (Lipinski definition) is 5. The standard InChI is InChI=1S/C12H15N3O3S/c1-7-4-11(13)9(3)12(8(7)2)19(16,17)15-10-5-14-18-6-10/h4-6,15H,13H2,1-3H3. The van der Waals surface area contributed by atoms with Crippen LogP contribution in [0.25, 0.3) is 0 Å². The maximum atomic E-state index is 12.4. The lowest BCUT2D eigenvalue weighted by Crippen LogP contribution is -2.16. The zero-order chi connectivity index (χ0) is 14.2. The van der Waals surface area contributed by atoms with Crippen LogP contribution >= 0.6 is 0 Å². The minimum absolute atomic E-state index is 0.200. The van der Waals surface area contributed by atoms with Gasteiger partial charge in [-0.05, 0) is 43.5 Å². The maximum absolute atomic E-state index is 12.4. The topological polar surface area (TPSA) is 98.2 Å². The van der Waals surface area contributed by atoms with E-state index in [1.165, 1.54) is 12.5 Å². The molecule has 0 aliphatic heterocycles. The van der Waals surface area contributed by atoms with E-state index in [0.29, 0.717) is 16.8 Å². The first-order chi connectivity index (χ1) is 8.83. The number of rotatable bonds is 3. The van der Waals surface area contributed by atoms with Crippen molar-refractivity contribution in [3.05, 3.63) is 35.2 Å². The molecule has 0 aliphatic rings. The highest BCUT2D eigenvalue weighted by Gasteiger charge is 2.22. The van der Waals surface area contributed by atoms with Gasteiger partial charge in [-0.3, -0.25) is 4.72 Å². The Morgan fingerprint density at radius 3 is 2.53 bits per heavy atom. The summed E-state index contributed by atoms with van der Waals surface area (Å²) in [5.74, 6) is 0. The van der Waals surface area contributed by atoms with E-state index < -0.39 is 10.0 Å². The first-order valence-corrected chi connectivity index (χ1v) is 7.09. The maximum Gasteiger partial charge on any atom is 0.262 e. The third-order valence-electron chi connectivity index (χ3n) is 3.03. The molecular weight excluding hydrogens is 266 g/mol. The molecule has 2 aromatic rings. The first-order valence-electron chi connectivity index (χ1n) is 5.61. The van der Waals surface area contributed by atoms with Crippen LogP contribution in [0.5, 0.6) is 0 Å². The number of hydrogen-bond donors (Lipinski definition) is 2. The molecule has 0 atom stereocenters. The van der Waals surface area contributed by atoms with Crippen molar-refractivity contribution >= 4 is 21.4 Å². The number of anilines is 2. The smallest absolute Gasteiger partial charge is 0.262 e. The first kappa shape index (κ1) is 13.4. The van der Waals surface area contributed by atoms with Crippen LogP contribution in [-0.2, 0) is 10.0 Å². The van der Waals surface area contributed by atoms with Gasteiger partial charge in [-0.25, -0.2) is 8.42 Å². The Morgan fingerprint density at radius 1 is 1.26 bits per heavy atom. The molecule has 102 valence electrons. The summed E-state index contributed by atoms with van der Waals surface area (Å²) in [6, 6.07) is 1.77. The van der Waals surface area contributed by atoms with Gasteiger partial charge in [0.25, 0.3) is 10.0 Å². The highest BCUT2D eigenvalue weighted by molar-refractivity contribution is 7.92. The highest BCUT2D eigenvalue weighted by atomic mass is 32.2. The molecule has 0 saturated carbocycles. The number of aromatic nitrogens is 1. The second-order valence-corrected chi connectivity index (χ2v) is 6.00. The van der Waals surface area contributed by atoms with Crippen LogP contribution in [0.3, 0.4) is 0 Å². The molecule has 3 N–H and O–H groups in total. The van der Waals surface area contributed by atoms with Crippen molar-refractivity contribution in [1.82, 2.24) is 5.16 Å². The predicted molar refractivity (Wildman–Crippen MR) is 72.4 cm³/mol. The molecule has 0 unspecified atom stereocenters. The monoisotopic (exact) mass is 281 g/mol. The molecule has 6 nitrogen and oxygen atoms in total. The number of nitrogens with two attached hydrogens (primary N) is 1. The average molecular weight is 281 g/mol. The Bertz CT molecular complexity index is 680. The number of nitrogen functional groups attached to an aromatic ring is 1. The number of sulfonamides is 1. The van der Waals surface area contributed by atoms with Crippen LogP contribution in [0.4, 0.5) is 11.4 Å². The van der Waals surface area contributed by atoms with Gasteiger partial charge in [0, 0.05) is 5.69 Å². The Labute approximate surface area is 111 Å². The fourth-order valence-electron chi connectivity index (χ4n) is 1.91. The second kappa shape index (κ2) is 4.58. The summed E-state index contributed by atoms with van der Waals surface area (Å²) in [6.45, 7) is 5.26. The molecule has 0 saturated heterocycles. The quantitative estimate of drug-likeness (QED) is 0.838. The molecule has 7 heteroatoms. The van der Waals surface area contributed by atoms with E-state index in [1.54, 1.807) is 19.9 Å². The number of aryl methyl sites for hydroxylation is 1. The molecule has 0 bridgehead atoms. The number of nitrogens with one attached hydrogen (secondary N) is 1. The molecule has 0 fully saturated rings. The summed E-state index contributed by atoms with van der Waals surface area (Å²) in [5.41, 5.74) is 8.61. The molecule has 0 amide bonds. The van der Waals surface area contributed by atoms with E-state index in [4.69, 9.17) is 5.73 Å². The van der Waals surface area contributed by atoms with Crippen LogP contribution in [-0.4, -0.2) is 13.6 Å². The third kappa shape index (κ3) is 2.41. The van der Waals surface area contributed by atoms with Gasteiger partial charge in [0.2, 0.25) is 0 Å². The SMILES string of the molecule is Cc1cc(N)c(C)c(S(=O)(=O)Nc2cnoc2)c1C. The van der Waals surface area contributed by atoms with E-state index in [0.717, 1.165) is 5.56 Å². The van der Waals surface area contributed by atoms with E-state index in [9.17, 15) is 8.42 Å². The summed E-state index contributed by atoms with van der Waals surface area (Å²) in [5, 5.41) is 3.45. The normalized spacial score (nSPS) is 11.5. The molecule has 2 rings (SSSR count). The van der Waals surface area contributed by atoms with Crippen LogP contribution in [0.15, 0.2) is 27.9 Å². The third-order valence-corrected chi connectivity index (χ3v) is 4.69. The fraction of sp³-hybridized carbons (Fsp3) is 0.250. The molecule has 0 spiro atoms. The van der Waals surface area contributed by atoms with Crippen LogP contribution in [0, 0.1) is 20.8 Å². The van der Waals surface area contributed by atoms with Crippen molar-refractivity contribution in [2.75, 3.05) is 10.5 Å². The molecular formula is C12H15N3O3S. The lowest BCUT2D eigenvalue weighted by atomic mass is 10.1. The second-order valence-electron chi connectivity index (χ2n) is 4.38. The van der Waals surface area contributed by atoms with E-state index in [2.05, 4.69) is 14.4 Å². The van der Waals surface area contributed by atoms with Crippen molar-refractivity contribution < 1.29 is 12.9 Å². The fourth-order valence-corrected chi connectivity index (χ4v) is 3.50. The van der Waals surface area contributed by atoms with Gasteiger partial charge in [-0.15, -0.1) is 0 Å². The zero-order valence-corrected chi connectivity index (χ0v) is 11.7. The van der Waals surface area contributed by atoms with Gasteiger partial charge < -0.3 is 10.3 Å². The number of nitrogens with zero attached hydrogens (tertiary/aromatic N) is 1. The van der Waals surface area contributed by atoms with Crippen molar-refractivity contribution in [1.29, 1.82) is 0 Å². The summed E-state index contributed by atoms with van der Waals surface area (Å²) in [7, 11) is -3.72. The molecule has 1 heterocycles. The molecule has 1 aromatic carbocycles. The Kier molecular flexibility index (Phi) is 3.23. The minimum Gasteiger partial charge on any atom is -0.398 e. The van der Waals surface area contributed by atoms with E-state index in [1.807, 2.05) is 6.92 Å². The molecule has 1 aromatic heterocycles. The van der Waals surface area contributed by atoms with E-state index >= 15 is 0 Å². The average Bonchev–Trinajstić information content (AvgIpc) is 2.78. The van der Waals surface area contributed by atoms with Crippen molar-refractivity contribution in [2.24, 2.45) is 0 Å². The molecule has 0 radical (unpaired) electrons.